The number of rotatable bonds is 4. The lowest BCUT2D eigenvalue weighted by atomic mass is 10.1. The summed E-state index contributed by atoms with van der Waals surface area (Å²) in [6.07, 6.45) is 0.928. The third-order valence-electron chi connectivity index (χ3n) is 3.83. The number of nitrogens with zero attached hydrogens (tertiary/aromatic N) is 1. The van der Waals surface area contributed by atoms with E-state index in [1.54, 1.807) is 0 Å². The Balaban J connectivity index is 1.61. The molecule has 20 heavy (non-hydrogen) atoms. The van der Waals surface area contributed by atoms with Crippen molar-refractivity contribution in [2.24, 2.45) is 5.92 Å². The van der Waals surface area contributed by atoms with E-state index in [0.717, 1.165) is 12.1 Å². The van der Waals surface area contributed by atoms with Gasteiger partial charge in [-0.3, -0.25) is 9.89 Å². The van der Waals surface area contributed by atoms with Crippen molar-refractivity contribution >= 4 is 11.7 Å². The van der Waals surface area contributed by atoms with Crippen molar-refractivity contribution in [1.82, 2.24) is 10.2 Å². The number of carbonyl (C=O) groups is 1. The van der Waals surface area contributed by atoms with Crippen molar-refractivity contribution in [2.45, 2.75) is 32.1 Å². The molecule has 0 bridgehead atoms. The summed E-state index contributed by atoms with van der Waals surface area (Å²) in [4.78, 5) is 12.2. The number of hydrogen-bond donors (Lipinski definition) is 2. The molecule has 1 aromatic carbocycles. The van der Waals surface area contributed by atoms with Gasteiger partial charge in [0.2, 0.25) is 5.91 Å². The van der Waals surface area contributed by atoms with Gasteiger partial charge in [-0.25, -0.2) is 0 Å². The van der Waals surface area contributed by atoms with Crippen molar-refractivity contribution < 1.29 is 4.79 Å². The molecular weight excluding hydrogens is 250 g/mol. The average molecular weight is 269 g/mol. The van der Waals surface area contributed by atoms with Crippen molar-refractivity contribution in [3.8, 4) is 0 Å². The first kappa shape index (κ1) is 12.9. The Morgan fingerprint density at radius 2 is 2.10 bits per heavy atom. The molecule has 1 saturated carbocycles. The molecule has 1 heterocycles. The molecule has 0 aliphatic heterocycles. The Morgan fingerprint density at radius 1 is 1.35 bits per heavy atom. The largest absolute Gasteiger partial charge is 0.309 e. The van der Waals surface area contributed by atoms with E-state index in [-0.39, 0.29) is 11.8 Å². The summed E-state index contributed by atoms with van der Waals surface area (Å²) >= 11 is 0. The topological polar surface area (TPSA) is 57.8 Å². The number of H-pyrrole nitrogens is 1. The molecule has 104 valence electrons. The van der Waals surface area contributed by atoms with Gasteiger partial charge in [0.15, 0.2) is 5.82 Å². The van der Waals surface area contributed by atoms with Gasteiger partial charge in [-0.1, -0.05) is 44.2 Å². The van der Waals surface area contributed by atoms with Gasteiger partial charge in [0.1, 0.15) is 0 Å². The third kappa shape index (κ3) is 2.59. The molecule has 2 aromatic rings. The normalized spacial score (nSPS) is 20.9. The highest BCUT2D eigenvalue weighted by molar-refractivity contribution is 5.94. The van der Waals surface area contributed by atoms with Crippen LogP contribution in [0.2, 0.25) is 0 Å². The summed E-state index contributed by atoms with van der Waals surface area (Å²) in [5.74, 6) is 1.51. The molecule has 2 unspecified atom stereocenters. The van der Waals surface area contributed by atoms with Crippen LogP contribution in [-0.2, 0) is 4.79 Å². The van der Waals surface area contributed by atoms with Crippen molar-refractivity contribution in [3.05, 3.63) is 47.7 Å². The fraction of sp³-hybridized carbons (Fsp3) is 0.375. The molecule has 3 rings (SSSR count). The molecule has 1 aliphatic carbocycles. The van der Waals surface area contributed by atoms with Gasteiger partial charge in [0, 0.05) is 17.7 Å². The van der Waals surface area contributed by atoms with Crippen LogP contribution in [0.4, 0.5) is 5.82 Å². The molecule has 4 heteroatoms. The van der Waals surface area contributed by atoms with Crippen LogP contribution in [0.25, 0.3) is 0 Å². The fourth-order valence-corrected chi connectivity index (χ4v) is 2.47. The first-order valence-electron chi connectivity index (χ1n) is 7.06. The van der Waals surface area contributed by atoms with Gasteiger partial charge in [-0.2, -0.15) is 5.10 Å². The van der Waals surface area contributed by atoms with Crippen LogP contribution in [0.1, 0.15) is 43.4 Å². The zero-order chi connectivity index (χ0) is 14.1. The van der Waals surface area contributed by atoms with E-state index in [2.05, 4.69) is 41.5 Å². The molecule has 0 spiro atoms. The van der Waals surface area contributed by atoms with E-state index < -0.39 is 0 Å². The van der Waals surface area contributed by atoms with Crippen molar-refractivity contribution in [3.63, 3.8) is 0 Å². The Labute approximate surface area is 118 Å². The van der Waals surface area contributed by atoms with Gasteiger partial charge in [-0.05, 0) is 23.8 Å². The first-order chi connectivity index (χ1) is 9.65. The second-order valence-corrected chi connectivity index (χ2v) is 5.71. The molecule has 4 nitrogen and oxygen atoms in total. The predicted octanol–water partition coefficient (Wildman–Crippen LogP) is 3.28. The number of benzene rings is 1. The molecule has 1 aromatic heterocycles. The van der Waals surface area contributed by atoms with Crippen LogP contribution in [0.15, 0.2) is 36.4 Å². The lowest BCUT2D eigenvalue weighted by molar-refractivity contribution is -0.117. The molecule has 1 amide bonds. The van der Waals surface area contributed by atoms with E-state index in [1.165, 1.54) is 5.56 Å². The van der Waals surface area contributed by atoms with Gasteiger partial charge < -0.3 is 5.32 Å². The van der Waals surface area contributed by atoms with Crippen LogP contribution >= 0.6 is 0 Å². The monoisotopic (exact) mass is 269 g/mol. The highest BCUT2D eigenvalue weighted by atomic mass is 16.2. The number of carbonyl (C=O) groups excluding carboxylic acids is 1. The van der Waals surface area contributed by atoms with Crippen LogP contribution in [0.3, 0.4) is 0 Å². The number of aromatic amines is 1. The number of anilines is 1. The number of amides is 1. The fourth-order valence-electron chi connectivity index (χ4n) is 2.47. The Kier molecular flexibility index (Phi) is 3.30. The van der Waals surface area contributed by atoms with Crippen LogP contribution < -0.4 is 5.32 Å². The number of hydrogen-bond acceptors (Lipinski definition) is 2. The van der Waals surface area contributed by atoms with Crippen LogP contribution in [0, 0.1) is 5.92 Å². The average Bonchev–Trinajstić information content (AvgIpc) is 3.12. The molecule has 0 radical (unpaired) electrons. The molecule has 2 atom stereocenters. The standard InChI is InChI=1S/C16H19N3O/c1-10(2)14-9-15(19-18-14)17-16(20)13-8-12(13)11-6-4-3-5-7-11/h3-7,9-10,12-13H,8H2,1-2H3,(H2,17,18,19,20). The predicted molar refractivity (Wildman–Crippen MR) is 78.6 cm³/mol. The van der Waals surface area contributed by atoms with E-state index >= 15 is 0 Å². The van der Waals surface area contributed by atoms with Gasteiger partial charge in [0.25, 0.3) is 0 Å². The van der Waals surface area contributed by atoms with Gasteiger partial charge in [-0.15, -0.1) is 0 Å². The third-order valence-corrected chi connectivity index (χ3v) is 3.83. The number of aromatic nitrogens is 2. The molecule has 1 aliphatic rings. The minimum Gasteiger partial charge on any atom is -0.309 e. The summed E-state index contributed by atoms with van der Waals surface area (Å²) in [7, 11) is 0. The Bertz CT molecular complexity index is 603. The first-order valence-corrected chi connectivity index (χ1v) is 7.06. The quantitative estimate of drug-likeness (QED) is 0.895. The van der Waals surface area contributed by atoms with Crippen molar-refractivity contribution in [1.29, 1.82) is 0 Å². The highest BCUT2D eigenvalue weighted by Crippen LogP contribution is 2.47. The minimum atomic E-state index is 0.0701. The van der Waals surface area contributed by atoms with Crippen LogP contribution in [0.5, 0.6) is 0 Å². The number of nitrogens with one attached hydrogen (secondary N) is 2. The van der Waals surface area contributed by atoms with Crippen molar-refractivity contribution in [2.75, 3.05) is 5.32 Å². The summed E-state index contributed by atoms with van der Waals surface area (Å²) in [5.41, 5.74) is 2.29. The summed E-state index contributed by atoms with van der Waals surface area (Å²) in [5, 5.41) is 9.97. The van der Waals surface area contributed by atoms with Gasteiger partial charge in [0.05, 0.1) is 0 Å². The summed E-state index contributed by atoms with van der Waals surface area (Å²) in [6, 6.07) is 12.1. The van der Waals surface area contributed by atoms with Gasteiger partial charge >= 0.3 is 0 Å². The maximum absolute atomic E-state index is 12.2. The molecule has 2 N–H and O–H groups in total. The van der Waals surface area contributed by atoms with E-state index in [9.17, 15) is 4.79 Å². The van der Waals surface area contributed by atoms with E-state index in [1.807, 2.05) is 24.3 Å². The Morgan fingerprint density at radius 3 is 2.75 bits per heavy atom. The molecule has 0 saturated heterocycles. The molecular formula is C16H19N3O. The lowest BCUT2D eigenvalue weighted by Gasteiger charge is -2.01. The van der Waals surface area contributed by atoms with E-state index in [0.29, 0.717) is 17.7 Å². The van der Waals surface area contributed by atoms with E-state index in [4.69, 9.17) is 0 Å². The maximum atomic E-state index is 12.2. The second-order valence-electron chi connectivity index (χ2n) is 5.71. The second kappa shape index (κ2) is 5.12. The smallest absolute Gasteiger partial charge is 0.229 e. The highest BCUT2D eigenvalue weighted by Gasteiger charge is 2.43. The summed E-state index contributed by atoms with van der Waals surface area (Å²) < 4.78 is 0. The zero-order valence-electron chi connectivity index (χ0n) is 11.8. The SMILES string of the molecule is CC(C)c1cc(NC(=O)C2CC2c2ccccc2)n[nH]1. The Hall–Kier alpha value is -2.10. The maximum Gasteiger partial charge on any atom is 0.229 e. The summed E-state index contributed by atoms with van der Waals surface area (Å²) in [6.45, 7) is 4.18. The molecule has 1 fully saturated rings. The zero-order valence-corrected chi connectivity index (χ0v) is 11.8. The minimum absolute atomic E-state index is 0.0701. The van der Waals surface area contributed by atoms with Crippen LogP contribution in [-0.4, -0.2) is 16.1 Å². The lowest BCUT2D eigenvalue weighted by Crippen LogP contribution is -2.14.